The third kappa shape index (κ3) is 1.95. The van der Waals surface area contributed by atoms with Gasteiger partial charge in [0.05, 0.1) is 5.69 Å². The summed E-state index contributed by atoms with van der Waals surface area (Å²) in [6, 6.07) is 8.33. The second-order valence-electron chi connectivity index (χ2n) is 3.48. The van der Waals surface area contributed by atoms with Crippen LogP contribution in [-0.2, 0) is 0 Å². The lowest BCUT2D eigenvalue weighted by Gasteiger charge is -2.10. The lowest BCUT2D eigenvalue weighted by Crippen LogP contribution is -2.00. The van der Waals surface area contributed by atoms with Crippen LogP contribution in [0, 0.1) is 12.7 Å². The van der Waals surface area contributed by atoms with E-state index >= 15 is 0 Å². The quantitative estimate of drug-likeness (QED) is 0.813. The van der Waals surface area contributed by atoms with Gasteiger partial charge in [-0.2, -0.15) is 0 Å². The van der Waals surface area contributed by atoms with Crippen LogP contribution >= 0.6 is 0 Å². The van der Waals surface area contributed by atoms with Crippen LogP contribution in [0.3, 0.4) is 0 Å². The fraction of sp³-hybridized carbons (Fsp3) is 0.0833. The lowest BCUT2D eigenvalue weighted by molar-refractivity contribution is 0.619. The van der Waals surface area contributed by atoms with E-state index in [9.17, 15) is 4.39 Å². The summed E-state index contributed by atoms with van der Waals surface area (Å²) in [5, 5.41) is 3.01. The van der Waals surface area contributed by atoms with Crippen molar-refractivity contribution in [2.24, 2.45) is 0 Å². The predicted molar refractivity (Wildman–Crippen MR) is 63.1 cm³/mol. The molecule has 0 bridgehead atoms. The zero-order valence-corrected chi connectivity index (χ0v) is 8.87. The van der Waals surface area contributed by atoms with Crippen molar-refractivity contribution in [1.29, 1.82) is 0 Å². The molecule has 1 aromatic heterocycles. The molecule has 16 heavy (non-hydrogen) atoms. The third-order valence-electron chi connectivity index (χ3n) is 2.36. The van der Waals surface area contributed by atoms with E-state index in [0.717, 1.165) is 0 Å². The van der Waals surface area contributed by atoms with Gasteiger partial charge in [-0.25, -0.2) is 9.37 Å². The first-order valence-corrected chi connectivity index (χ1v) is 4.91. The highest BCUT2D eigenvalue weighted by Crippen LogP contribution is 2.23. The maximum absolute atomic E-state index is 13.3. The summed E-state index contributed by atoms with van der Waals surface area (Å²) in [7, 11) is 0. The van der Waals surface area contributed by atoms with Gasteiger partial charge in [0.1, 0.15) is 5.82 Å². The first-order valence-electron chi connectivity index (χ1n) is 4.91. The zero-order chi connectivity index (χ0) is 11.5. The van der Waals surface area contributed by atoms with Crippen LogP contribution < -0.4 is 11.1 Å². The summed E-state index contributed by atoms with van der Waals surface area (Å²) < 4.78 is 13.3. The SMILES string of the molecule is Cc1c(F)cccc1Nc1ncccc1N. The van der Waals surface area contributed by atoms with Crippen molar-refractivity contribution in [2.75, 3.05) is 11.1 Å². The van der Waals surface area contributed by atoms with Crippen LogP contribution in [0.5, 0.6) is 0 Å². The van der Waals surface area contributed by atoms with Crippen LogP contribution in [0.2, 0.25) is 0 Å². The predicted octanol–water partition coefficient (Wildman–Crippen LogP) is 2.85. The Morgan fingerprint density at radius 1 is 1.25 bits per heavy atom. The molecular formula is C12H12FN3. The Labute approximate surface area is 93.1 Å². The van der Waals surface area contributed by atoms with Crippen molar-refractivity contribution in [1.82, 2.24) is 4.98 Å². The van der Waals surface area contributed by atoms with Crippen molar-refractivity contribution in [3.8, 4) is 0 Å². The monoisotopic (exact) mass is 217 g/mol. The topological polar surface area (TPSA) is 50.9 Å². The Morgan fingerprint density at radius 2 is 2.06 bits per heavy atom. The molecule has 0 spiro atoms. The average molecular weight is 217 g/mol. The summed E-state index contributed by atoms with van der Waals surface area (Å²) in [5.74, 6) is 0.288. The minimum Gasteiger partial charge on any atom is -0.396 e. The van der Waals surface area contributed by atoms with E-state index in [1.54, 1.807) is 37.4 Å². The van der Waals surface area contributed by atoms with Gasteiger partial charge in [0.2, 0.25) is 0 Å². The molecule has 0 saturated carbocycles. The zero-order valence-electron chi connectivity index (χ0n) is 8.87. The molecule has 2 aromatic rings. The Morgan fingerprint density at radius 3 is 2.81 bits per heavy atom. The minimum absolute atomic E-state index is 0.250. The number of aromatic nitrogens is 1. The maximum atomic E-state index is 13.3. The number of hydrogen-bond acceptors (Lipinski definition) is 3. The Balaban J connectivity index is 2.35. The molecule has 3 N–H and O–H groups in total. The van der Waals surface area contributed by atoms with Crippen molar-refractivity contribution >= 4 is 17.2 Å². The normalized spacial score (nSPS) is 10.1. The molecule has 0 atom stereocenters. The van der Waals surface area contributed by atoms with Crippen LogP contribution in [0.1, 0.15) is 5.56 Å². The first-order chi connectivity index (χ1) is 7.68. The number of nitrogen functional groups attached to an aromatic ring is 1. The number of anilines is 3. The van der Waals surface area contributed by atoms with Crippen molar-refractivity contribution in [2.45, 2.75) is 6.92 Å². The van der Waals surface area contributed by atoms with Gasteiger partial charge < -0.3 is 11.1 Å². The molecule has 0 radical (unpaired) electrons. The summed E-state index contributed by atoms with van der Waals surface area (Å²) in [5.41, 5.74) is 7.49. The van der Waals surface area contributed by atoms with E-state index < -0.39 is 0 Å². The number of nitrogens with two attached hydrogens (primary N) is 1. The van der Waals surface area contributed by atoms with Gasteiger partial charge in [0.25, 0.3) is 0 Å². The van der Waals surface area contributed by atoms with Crippen molar-refractivity contribution in [3.05, 3.63) is 47.9 Å². The Kier molecular flexibility index (Phi) is 2.72. The number of halogens is 1. The molecule has 4 heteroatoms. The molecular weight excluding hydrogens is 205 g/mol. The molecule has 0 unspecified atom stereocenters. The van der Waals surface area contributed by atoms with Gasteiger partial charge in [0, 0.05) is 17.4 Å². The van der Waals surface area contributed by atoms with E-state index in [0.29, 0.717) is 22.8 Å². The van der Waals surface area contributed by atoms with Gasteiger partial charge in [-0.1, -0.05) is 6.07 Å². The van der Waals surface area contributed by atoms with Crippen molar-refractivity contribution in [3.63, 3.8) is 0 Å². The van der Waals surface area contributed by atoms with Crippen LogP contribution in [0.15, 0.2) is 36.5 Å². The van der Waals surface area contributed by atoms with Gasteiger partial charge in [-0.05, 0) is 31.2 Å². The van der Waals surface area contributed by atoms with Crippen LogP contribution in [-0.4, -0.2) is 4.98 Å². The Hall–Kier alpha value is -2.10. The highest BCUT2D eigenvalue weighted by Gasteiger charge is 2.05. The van der Waals surface area contributed by atoms with E-state index in [1.165, 1.54) is 6.07 Å². The van der Waals surface area contributed by atoms with Gasteiger partial charge in [-0.15, -0.1) is 0 Å². The summed E-state index contributed by atoms with van der Waals surface area (Å²) in [4.78, 5) is 4.09. The van der Waals surface area contributed by atoms with E-state index in [2.05, 4.69) is 10.3 Å². The molecule has 0 amide bonds. The largest absolute Gasteiger partial charge is 0.396 e. The molecule has 1 aromatic carbocycles. The standard InChI is InChI=1S/C12H12FN3/c1-8-9(13)4-2-6-11(8)16-12-10(14)5-3-7-15-12/h2-7H,14H2,1H3,(H,15,16). The number of pyridine rings is 1. The number of nitrogens with zero attached hydrogens (tertiary/aromatic N) is 1. The lowest BCUT2D eigenvalue weighted by atomic mass is 10.2. The molecule has 3 nitrogen and oxygen atoms in total. The van der Waals surface area contributed by atoms with Crippen LogP contribution in [0.25, 0.3) is 0 Å². The Bertz CT molecular complexity index is 511. The molecule has 82 valence electrons. The van der Waals surface area contributed by atoms with Gasteiger partial charge >= 0.3 is 0 Å². The third-order valence-corrected chi connectivity index (χ3v) is 2.36. The minimum atomic E-state index is -0.250. The highest BCUT2D eigenvalue weighted by atomic mass is 19.1. The first kappa shape index (κ1) is 10.4. The molecule has 0 fully saturated rings. The second-order valence-corrected chi connectivity index (χ2v) is 3.48. The highest BCUT2D eigenvalue weighted by molar-refractivity contribution is 5.69. The maximum Gasteiger partial charge on any atom is 0.153 e. The van der Waals surface area contributed by atoms with E-state index in [1.807, 2.05) is 0 Å². The molecule has 0 aliphatic carbocycles. The fourth-order valence-corrected chi connectivity index (χ4v) is 1.39. The van der Waals surface area contributed by atoms with E-state index in [-0.39, 0.29) is 5.82 Å². The second kappa shape index (κ2) is 4.18. The van der Waals surface area contributed by atoms with E-state index in [4.69, 9.17) is 5.73 Å². The number of rotatable bonds is 2. The van der Waals surface area contributed by atoms with Crippen LogP contribution in [0.4, 0.5) is 21.6 Å². The summed E-state index contributed by atoms with van der Waals surface area (Å²) >= 11 is 0. The number of hydrogen-bond donors (Lipinski definition) is 2. The van der Waals surface area contributed by atoms with Crippen molar-refractivity contribution < 1.29 is 4.39 Å². The molecule has 0 saturated heterocycles. The smallest absolute Gasteiger partial charge is 0.153 e. The van der Waals surface area contributed by atoms with Gasteiger partial charge in [-0.3, -0.25) is 0 Å². The summed E-state index contributed by atoms with van der Waals surface area (Å²) in [6.45, 7) is 1.71. The fourth-order valence-electron chi connectivity index (χ4n) is 1.39. The number of nitrogens with one attached hydrogen (secondary N) is 1. The number of benzene rings is 1. The molecule has 2 rings (SSSR count). The molecule has 1 heterocycles. The van der Waals surface area contributed by atoms with Gasteiger partial charge in [0.15, 0.2) is 5.82 Å². The molecule has 0 aliphatic rings. The summed E-state index contributed by atoms with van der Waals surface area (Å²) in [6.07, 6.45) is 1.63. The average Bonchev–Trinajstić information content (AvgIpc) is 2.28. The molecule has 0 aliphatic heterocycles.